The van der Waals surface area contributed by atoms with E-state index in [9.17, 15) is 4.79 Å². The molecule has 0 N–H and O–H groups in total. The van der Waals surface area contributed by atoms with Crippen molar-refractivity contribution in [3.63, 3.8) is 0 Å². The predicted molar refractivity (Wildman–Crippen MR) is 128 cm³/mol. The van der Waals surface area contributed by atoms with Gasteiger partial charge in [-0.25, -0.2) is 15.0 Å². The van der Waals surface area contributed by atoms with Gasteiger partial charge in [0.15, 0.2) is 11.5 Å². The van der Waals surface area contributed by atoms with Gasteiger partial charge in [0.2, 0.25) is 5.88 Å². The van der Waals surface area contributed by atoms with Crippen LogP contribution in [0.15, 0.2) is 73.7 Å². The van der Waals surface area contributed by atoms with Crippen molar-refractivity contribution in [3.8, 4) is 28.6 Å². The maximum Gasteiger partial charge on any atom is 0.255 e. The molecule has 9 heteroatoms. The monoisotopic (exact) mass is 468 g/mol. The molecule has 1 saturated heterocycles. The minimum Gasteiger partial charge on any atom is -0.493 e. The van der Waals surface area contributed by atoms with Crippen LogP contribution in [-0.4, -0.2) is 55.9 Å². The number of likely N-dealkylation sites (tertiary alicyclic amines) is 1. The highest BCUT2D eigenvalue weighted by molar-refractivity contribution is 5.94. The number of hydrogen-bond donors (Lipinski definition) is 0. The molecule has 1 fully saturated rings. The van der Waals surface area contributed by atoms with Gasteiger partial charge in [0.1, 0.15) is 6.33 Å². The van der Waals surface area contributed by atoms with Gasteiger partial charge in [-0.15, -0.1) is 0 Å². The molecule has 1 atom stereocenters. The highest BCUT2D eigenvalue weighted by Crippen LogP contribution is 2.32. The highest BCUT2D eigenvalue weighted by Gasteiger charge is 2.27. The van der Waals surface area contributed by atoms with E-state index in [0.29, 0.717) is 36.0 Å². The summed E-state index contributed by atoms with van der Waals surface area (Å²) >= 11 is 0. The summed E-state index contributed by atoms with van der Waals surface area (Å²) in [5, 5.41) is 0. The molecule has 0 aliphatic carbocycles. The zero-order valence-corrected chi connectivity index (χ0v) is 19.2. The Morgan fingerprint density at radius 2 is 1.80 bits per heavy atom. The highest BCUT2D eigenvalue weighted by atomic mass is 16.5. The minimum absolute atomic E-state index is 0.0487. The van der Waals surface area contributed by atoms with E-state index in [4.69, 9.17) is 9.47 Å². The van der Waals surface area contributed by atoms with Gasteiger partial charge >= 0.3 is 0 Å². The van der Waals surface area contributed by atoms with Gasteiger partial charge in [0.05, 0.1) is 30.3 Å². The van der Waals surface area contributed by atoms with E-state index in [0.717, 1.165) is 29.8 Å². The lowest BCUT2D eigenvalue weighted by atomic mass is 9.94. The number of piperidine rings is 1. The van der Waals surface area contributed by atoms with Crippen LogP contribution in [0.3, 0.4) is 0 Å². The summed E-state index contributed by atoms with van der Waals surface area (Å²) in [5.74, 6) is 1.59. The molecule has 0 spiro atoms. The molecule has 1 unspecified atom stereocenters. The average Bonchev–Trinajstić information content (AvgIpc) is 2.94. The van der Waals surface area contributed by atoms with Gasteiger partial charge in [-0.3, -0.25) is 14.8 Å². The summed E-state index contributed by atoms with van der Waals surface area (Å²) in [6.45, 7) is 1.24. The van der Waals surface area contributed by atoms with Crippen molar-refractivity contribution in [2.24, 2.45) is 0 Å². The molecule has 35 heavy (non-hydrogen) atoms. The molecule has 0 saturated carbocycles. The number of methoxy groups -OCH3 is 1. The van der Waals surface area contributed by atoms with Gasteiger partial charge in [-0.1, -0.05) is 12.1 Å². The fourth-order valence-corrected chi connectivity index (χ4v) is 4.13. The van der Waals surface area contributed by atoms with Gasteiger partial charge < -0.3 is 14.4 Å². The summed E-state index contributed by atoms with van der Waals surface area (Å²) in [5.41, 5.74) is 2.87. The summed E-state index contributed by atoms with van der Waals surface area (Å²) in [6, 6.07) is 11.0. The zero-order valence-electron chi connectivity index (χ0n) is 19.2. The Morgan fingerprint density at radius 1 is 0.971 bits per heavy atom. The standard InChI is InChI=1S/C26H24N6O3/c1-34-23-6-2-3-7-24(23)35-25-15-27-14-22(31-25)19-5-4-10-32(16-19)26(33)18-8-9-21(30-13-18)20-11-28-17-29-12-20/h2-3,6-9,11-15,17,19H,4-5,10,16H2,1H3. The Balaban J connectivity index is 1.28. The number of benzene rings is 1. The number of ether oxygens (including phenoxy) is 2. The van der Waals surface area contributed by atoms with Crippen molar-refractivity contribution in [1.82, 2.24) is 29.8 Å². The number of amides is 1. The Labute approximate surface area is 202 Å². The Hall–Kier alpha value is -4.40. The van der Waals surface area contributed by atoms with Crippen LogP contribution in [0.1, 0.15) is 34.8 Å². The zero-order chi connectivity index (χ0) is 24.0. The lowest BCUT2D eigenvalue weighted by molar-refractivity contribution is 0.0705. The van der Waals surface area contributed by atoms with Crippen molar-refractivity contribution in [2.45, 2.75) is 18.8 Å². The van der Waals surface area contributed by atoms with E-state index in [1.807, 2.05) is 35.2 Å². The minimum atomic E-state index is -0.0487. The SMILES string of the molecule is COc1ccccc1Oc1cncc(C2CCCN(C(=O)c3ccc(-c4cncnc4)nc3)C2)n1. The number of pyridine rings is 1. The lowest BCUT2D eigenvalue weighted by Gasteiger charge is -2.32. The van der Waals surface area contributed by atoms with Crippen LogP contribution in [0.25, 0.3) is 11.3 Å². The molecule has 1 amide bonds. The maximum absolute atomic E-state index is 13.2. The molecule has 0 radical (unpaired) electrons. The largest absolute Gasteiger partial charge is 0.493 e. The third-order valence-electron chi connectivity index (χ3n) is 5.91. The third-order valence-corrected chi connectivity index (χ3v) is 5.91. The first-order chi connectivity index (χ1) is 17.2. The van der Waals surface area contributed by atoms with Gasteiger partial charge in [-0.05, 0) is 37.1 Å². The smallest absolute Gasteiger partial charge is 0.255 e. The second kappa shape index (κ2) is 10.3. The summed E-state index contributed by atoms with van der Waals surface area (Å²) in [6.07, 6.45) is 11.6. The molecule has 1 aliphatic rings. The Kier molecular flexibility index (Phi) is 6.56. The van der Waals surface area contributed by atoms with Crippen LogP contribution in [0.5, 0.6) is 17.4 Å². The van der Waals surface area contributed by atoms with E-state index in [-0.39, 0.29) is 11.8 Å². The molecular weight excluding hydrogens is 444 g/mol. The summed E-state index contributed by atoms with van der Waals surface area (Å²) in [4.78, 5) is 36.5. The number of hydrogen-bond acceptors (Lipinski definition) is 8. The average molecular weight is 469 g/mol. The quantitative estimate of drug-likeness (QED) is 0.416. The molecule has 5 rings (SSSR count). The van der Waals surface area contributed by atoms with E-state index >= 15 is 0 Å². The fourth-order valence-electron chi connectivity index (χ4n) is 4.13. The topological polar surface area (TPSA) is 103 Å². The second-order valence-corrected chi connectivity index (χ2v) is 8.18. The van der Waals surface area contributed by atoms with Gasteiger partial charge in [0.25, 0.3) is 5.91 Å². The first kappa shape index (κ1) is 22.4. The van der Waals surface area contributed by atoms with Crippen molar-refractivity contribution < 1.29 is 14.3 Å². The molecule has 1 aliphatic heterocycles. The molecule has 4 heterocycles. The van der Waals surface area contributed by atoms with Crippen molar-refractivity contribution in [3.05, 3.63) is 85.0 Å². The number of rotatable bonds is 6. The van der Waals surface area contributed by atoms with E-state index < -0.39 is 0 Å². The number of nitrogens with zero attached hydrogens (tertiary/aromatic N) is 6. The van der Waals surface area contributed by atoms with Crippen molar-refractivity contribution in [1.29, 1.82) is 0 Å². The molecule has 4 aromatic rings. The first-order valence-electron chi connectivity index (χ1n) is 11.3. The number of carbonyl (C=O) groups excluding carboxylic acids is 1. The van der Waals surface area contributed by atoms with Crippen LogP contribution in [0.4, 0.5) is 0 Å². The Bertz CT molecular complexity index is 1300. The van der Waals surface area contributed by atoms with Crippen LogP contribution in [-0.2, 0) is 0 Å². The van der Waals surface area contributed by atoms with Crippen LogP contribution in [0, 0.1) is 0 Å². The maximum atomic E-state index is 13.2. The molecule has 176 valence electrons. The normalized spacial score (nSPS) is 15.5. The van der Waals surface area contributed by atoms with Gasteiger partial charge in [0, 0.05) is 49.4 Å². The Morgan fingerprint density at radius 3 is 2.57 bits per heavy atom. The fraction of sp³-hybridized carbons (Fsp3) is 0.231. The van der Waals surface area contributed by atoms with Crippen LogP contribution in [0.2, 0.25) is 0 Å². The van der Waals surface area contributed by atoms with Crippen molar-refractivity contribution in [2.75, 3.05) is 20.2 Å². The number of carbonyl (C=O) groups is 1. The molecule has 3 aromatic heterocycles. The molecule has 9 nitrogen and oxygen atoms in total. The summed E-state index contributed by atoms with van der Waals surface area (Å²) in [7, 11) is 1.59. The van der Waals surface area contributed by atoms with Crippen LogP contribution < -0.4 is 9.47 Å². The lowest BCUT2D eigenvalue weighted by Crippen LogP contribution is -2.39. The van der Waals surface area contributed by atoms with E-state index in [2.05, 4.69) is 24.9 Å². The van der Waals surface area contributed by atoms with E-state index in [1.165, 1.54) is 6.33 Å². The van der Waals surface area contributed by atoms with Gasteiger partial charge in [-0.2, -0.15) is 0 Å². The van der Waals surface area contributed by atoms with Crippen molar-refractivity contribution >= 4 is 5.91 Å². The molecular formula is C26H24N6O3. The van der Waals surface area contributed by atoms with E-state index in [1.54, 1.807) is 44.2 Å². The third kappa shape index (κ3) is 5.08. The summed E-state index contributed by atoms with van der Waals surface area (Å²) < 4.78 is 11.3. The second-order valence-electron chi connectivity index (χ2n) is 8.18. The van der Waals surface area contributed by atoms with Crippen LogP contribution >= 0.6 is 0 Å². The predicted octanol–water partition coefficient (Wildman–Crippen LogP) is 4.15. The molecule has 0 bridgehead atoms. The number of aromatic nitrogens is 5. The molecule has 1 aromatic carbocycles. The first-order valence-corrected chi connectivity index (χ1v) is 11.3. The number of para-hydroxylation sites is 2.